The largest absolute Gasteiger partial charge is 0.357 e. The molecule has 6 nitrogen and oxygen atoms in total. The van der Waals surface area contributed by atoms with Crippen LogP contribution in [-0.2, 0) is 13.0 Å². The van der Waals surface area contributed by atoms with Crippen LogP contribution in [0.4, 0.5) is 0 Å². The van der Waals surface area contributed by atoms with Crippen LogP contribution in [0.15, 0.2) is 66.0 Å². The summed E-state index contributed by atoms with van der Waals surface area (Å²) >= 11 is 5.81. The molecule has 0 radical (unpaired) electrons. The van der Waals surface area contributed by atoms with E-state index in [-0.39, 0.29) is 24.0 Å². The minimum atomic E-state index is 0. The first-order chi connectivity index (χ1) is 13.2. The molecular weight excluding hydrogens is 487 g/mol. The summed E-state index contributed by atoms with van der Waals surface area (Å²) in [6, 6.07) is 13.9. The molecular formula is C20H24ClIN6. The second-order valence-electron chi connectivity index (χ2n) is 5.98. The average molecular weight is 511 g/mol. The number of hydrogen-bond donors (Lipinski definition) is 2. The van der Waals surface area contributed by atoms with Gasteiger partial charge in [0.15, 0.2) is 5.96 Å². The number of hydrogen-bond acceptors (Lipinski definition) is 3. The highest BCUT2D eigenvalue weighted by molar-refractivity contribution is 14.0. The van der Waals surface area contributed by atoms with Gasteiger partial charge in [-0.25, -0.2) is 14.7 Å². The number of halogens is 2. The molecule has 28 heavy (non-hydrogen) atoms. The summed E-state index contributed by atoms with van der Waals surface area (Å²) < 4.78 is 1.84. The number of rotatable bonds is 7. The molecule has 0 aliphatic rings. The summed E-state index contributed by atoms with van der Waals surface area (Å²) in [7, 11) is 0. The fourth-order valence-electron chi connectivity index (χ4n) is 2.57. The molecule has 2 aromatic heterocycles. The van der Waals surface area contributed by atoms with Gasteiger partial charge in [-0.2, -0.15) is 5.10 Å². The van der Waals surface area contributed by atoms with E-state index in [1.807, 2.05) is 41.2 Å². The topological polar surface area (TPSA) is 67.1 Å². The van der Waals surface area contributed by atoms with Crippen LogP contribution in [0.25, 0.3) is 5.69 Å². The van der Waals surface area contributed by atoms with E-state index in [0.29, 0.717) is 11.7 Å². The van der Waals surface area contributed by atoms with Gasteiger partial charge in [-0.1, -0.05) is 29.8 Å². The molecule has 0 saturated carbocycles. The van der Waals surface area contributed by atoms with Gasteiger partial charge in [-0.3, -0.25) is 0 Å². The molecule has 3 rings (SSSR count). The lowest BCUT2D eigenvalue weighted by molar-refractivity contribution is 0.797. The molecule has 0 aliphatic carbocycles. The average Bonchev–Trinajstić information content (AvgIpc) is 3.23. The van der Waals surface area contributed by atoms with Gasteiger partial charge in [-0.15, -0.1) is 24.0 Å². The lowest BCUT2D eigenvalue weighted by Crippen LogP contribution is -2.38. The number of aliphatic imine (C=N–C) groups is 1. The van der Waals surface area contributed by atoms with Crippen molar-refractivity contribution in [1.29, 1.82) is 0 Å². The van der Waals surface area contributed by atoms with Crippen LogP contribution < -0.4 is 10.6 Å². The van der Waals surface area contributed by atoms with E-state index in [0.717, 1.165) is 42.3 Å². The van der Waals surface area contributed by atoms with Gasteiger partial charge in [-0.05, 0) is 48.7 Å². The van der Waals surface area contributed by atoms with Crippen LogP contribution >= 0.6 is 35.6 Å². The molecule has 0 aliphatic heterocycles. The zero-order valence-corrected chi connectivity index (χ0v) is 18.8. The molecule has 3 aromatic rings. The van der Waals surface area contributed by atoms with Gasteiger partial charge in [0.25, 0.3) is 0 Å². The maximum absolute atomic E-state index is 5.81. The molecule has 0 unspecified atom stereocenters. The summed E-state index contributed by atoms with van der Waals surface area (Å²) in [5.41, 5.74) is 3.32. The van der Waals surface area contributed by atoms with E-state index in [1.165, 1.54) is 0 Å². The van der Waals surface area contributed by atoms with Crippen LogP contribution in [0.1, 0.15) is 18.1 Å². The van der Waals surface area contributed by atoms with Gasteiger partial charge in [0, 0.05) is 31.7 Å². The third-order valence-corrected chi connectivity index (χ3v) is 4.19. The predicted molar refractivity (Wildman–Crippen MR) is 125 cm³/mol. The Kier molecular flexibility index (Phi) is 9.22. The van der Waals surface area contributed by atoms with Gasteiger partial charge in [0.2, 0.25) is 0 Å². The van der Waals surface area contributed by atoms with E-state index >= 15 is 0 Å². The monoisotopic (exact) mass is 510 g/mol. The van der Waals surface area contributed by atoms with E-state index in [2.05, 4.69) is 44.8 Å². The summed E-state index contributed by atoms with van der Waals surface area (Å²) in [6.07, 6.45) is 6.35. The highest BCUT2D eigenvalue weighted by Gasteiger charge is 2.00. The Bertz CT molecular complexity index is 847. The highest BCUT2D eigenvalue weighted by atomic mass is 127. The minimum Gasteiger partial charge on any atom is -0.357 e. The van der Waals surface area contributed by atoms with E-state index in [9.17, 15) is 0 Å². The lowest BCUT2D eigenvalue weighted by atomic mass is 10.2. The Morgan fingerprint density at radius 1 is 1.11 bits per heavy atom. The summed E-state index contributed by atoms with van der Waals surface area (Å²) in [4.78, 5) is 8.76. The van der Waals surface area contributed by atoms with Gasteiger partial charge >= 0.3 is 0 Å². The minimum absolute atomic E-state index is 0. The van der Waals surface area contributed by atoms with Crippen LogP contribution in [0.3, 0.4) is 0 Å². The molecule has 8 heteroatoms. The van der Waals surface area contributed by atoms with Crippen molar-refractivity contribution < 1.29 is 0 Å². The quantitative estimate of drug-likeness (QED) is 0.219. The molecule has 1 aromatic carbocycles. The van der Waals surface area contributed by atoms with Gasteiger partial charge in [0.05, 0.1) is 12.2 Å². The Labute approximate surface area is 187 Å². The van der Waals surface area contributed by atoms with Crippen LogP contribution in [0.5, 0.6) is 0 Å². The van der Waals surface area contributed by atoms with Gasteiger partial charge in [0.1, 0.15) is 5.15 Å². The maximum atomic E-state index is 5.81. The highest BCUT2D eigenvalue weighted by Crippen LogP contribution is 2.09. The van der Waals surface area contributed by atoms with E-state index < -0.39 is 0 Å². The molecule has 2 N–H and O–H groups in total. The van der Waals surface area contributed by atoms with Crippen molar-refractivity contribution >= 4 is 41.5 Å². The molecule has 0 amide bonds. The third-order valence-electron chi connectivity index (χ3n) is 3.96. The Hall–Kier alpha value is -2.13. The number of pyridine rings is 1. The first kappa shape index (κ1) is 22.2. The van der Waals surface area contributed by atoms with Crippen molar-refractivity contribution in [3.05, 3.63) is 77.3 Å². The van der Waals surface area contributed by atoms with Gasteiger partial charge < -0.3 is 10.6 Å². The molecule has 0 atom stereocenters. The number of benzene rings is 1. The maximum Gasteiger partial charge on any atom is 0.191 e. The van der Waals surface area contributed by atoms with Crippen LogP contribution in [0, 0.1) is 0 Å². The van der Waals surface area contributed by atoms with Crippen molar-refractivity contribution in [3.63, 3.8) is 0 Å². The van der Waals surface area contributed by atoms with Crippen molar-refractivity contribution in [2.24, 2.45) is 4.99 Å². The number of aromatic nitrogens is 3. The van der Waals surface area contributed by atoms with Crippen molar-refractivity contribution in [2.45, 2.75) is 19.9 Å². The van der Waals surface area contributed by atoms with Crippen molar-refractivity contribution in [3.8, 4) is 5.69 Å². The van der Waals surface area contributed by atoms with E-state index in [1.54, 1.807) is 12.4 Å². The Morgan fingerprint density at radius 3 is 2.54 bits per heavy atom. The zero-order valence-electron chi connectivity index (χ0n) is 15.7. The molecule has 0 bridgehead atoms. The molecule has 0 fully saturated rings. The lowest BCUT2D eigenvalue weighted by Gasteiger charge is -2.11. The molecule has 148 valence electrons. The Balaban J connectivity index is 0.00000280. The number of nitrogens with one attached hydrogen (secondary N) is 2. The number of nitrogens with zero attached hydrogens (tertiary/aromatic N) is 4. The normalized spacial score (nSPS) is 11.0. The standard InChI is InChI=1S/C20H23ClN6.HI/c1-2-22-20(23-12-10-17-6-9-19(21)24-14-17)25-15-16-4-7-18(8-5-16)27-13-3-11-26-27;/h3-9,11,13-14H,2,10,12,15H2,1H3,(H2,22,23,25);1H. The summed E-state index contributed by atoms with van der Waals surface area (Å²) in [5, 5.41) is 11.4. The van der Waals surface area contributed by atoms with Crippen molar-refractivity contribution in [1.82, 2.24) is 25.4 Å². The third kappa shape index (κ3) is 6.79. The summed E-state index contributed by atoms with van der Waals surface area (Å²) in [5.74, 6) is 0.801. The number of guanidine groups is 1. The second-order valence-corrected chi connectivity index (χ2v) is 6.37. The molecule has 0 spiro atoms. The zero-order chi connectivity index (χ0) is 18.9. The fraction of sp³-hybridized carbons (Fsp3) is 0.250. The smallest absolute Gasteiger partial charge is 0.191 e. The summed E-state index contributed by atoms with van der Waals surface area (Å²) in [6.45, 7) is 4.25. The molecule has 0 saturated heterocycles. The second kappa shape index (κ2) is 11.7. The Morgan fingerprint density at radius 2 is 1.89 bits per heavy atom. The SMILES string of the molecule is CCNC(=NCc1ccc(-n2cccn2)cc1)NCCc1ccc(Cl)nc1.I. The van der Waals surface area contributed by atoms with E-state index in [4.69, 9.17) is 11.6 Å². The van der Waals surface area contributed by atoms with Crippen LogP contribution in [-0.4, -0.2) is 33.8 Å². The first-order valence-corrected chi connectivity index (χ1v) is 9.34. The first-order valence-electron chi connectivity index (χ1n) is 8.96. The molecule has 2 heterocycles. The fourth-order valence-corrected chi connectivity index (χ4v) is 2.68. The van der Waals surface area contributed by atoms with Crippen LogP contribution in [0.2, 0.25) is 5.15 Å². The van der Waals surface area contributed by atoms with Crippen molar-refractivity contribution in [2.75, 3.05) is 13.1 Å². The predicted octanol–water partition coefficient (Wildman–Crippen LogP) is 3.84.